The Bertz CT molecular complexity index is 3470. The summed E-state index contributed by atoms with van der Waals surface area (Å²) in [5, 5.41) is 0.0866. The summed E-state index contributed by atoms with van der Waals surface area (Å²) in [6.07, 6.45) is 13.9. The van der Waals surface area contributed by atoms with Crippen molar-refractivity contribution in [3.8, 4) is 11.8 Å². The van der Waals surface area contributed by atoms with Gasteiger partial charge in [0.2, 0.25) is 11.6 Å². The van der Waals surface area contributed by atoms with Gasteiger partial charge in [0, 0.05) is 84.8 Å². The van der Waals surface area contributed by atoms with E-state index in [-0.39, 0.29) is 63.7 Å². The molecule has 1 fully saturated rings. The minimum atomic E-state index is -5.77. The maximum absolute atomic E-state index is 13.2. The molecule has 5 heterocycles. The van der Waals surface area contributed by atoms with Crippen molar-refractivity contribution in [2.45, 2.75) is 141 Å². The molecule has 0 bridgehead atoms. The predicted molar refractivity (Wildman–Crippen MR) is 327 cm³/mol. The molecule has 0 radical (unpaired) electrons. The van der Waals surface area contributed by atoms with Crippen molar-refractivity contribution in [1.82, 2.24) is 14.5 Å². The number of anilines is 2. The number of aryl methyl sites for hydroxylation is 2. The van der Waals surface area contributed by atoms with E-state index >= 15 is 0 Å². The van der Waals surface area contributed by atoms with Gasteiger partial charge in [0.1, 0.15) is 44.0 Å². The van der Waals surface area contributed by atoms with Crippen LogP contribution >= 0.6 is 45.1 Å². The average molecular weight is 1260 g/mol. The number of nitrogens with two attached hydrogens (primary N) is 1. The number of rotatable bonds is 29. The maximum atomic E-state index is 13.2. The smallest absolute Gasteiger partial charge is 0.369 e. The number of H-pyrrole nitrogens is 1. The van der Waals surface area contributed by atoms with Crippen molar-refractivity contribution >= 4 is 84.9 Å². The quantitative estimate of drug-likeness (QED) is 0.00560. The first kappa shape index (κ1) is 67.0. The highest BCUT2D eigenvalue weighted by molar-refractivity contribution is 8.77. The van der Waals surface area contributed by atoms with Crippen LogP contribution in [0.15, 0.2) is 83.5 Å². The summed E-state index contributed by atoms with van der Waals surface area (Å²) in [4.78, 5) is 72.9. The lowest BCUT2D eigenvalue weighted by atomic mass is 9.81. The van der Waals surface area contributed by atoms with Crippen molar-refractivity contribution in [3.63, 3.8) is 0 Å². The summed E-state index contributed by atoms with van der Waals surface area (Å²) in [5.41, 5.74) is 15.7. The number of likely N-dealkylation sites (N-methyl/N-ethyl adjacent to an activating group) is 1. The third-order valence-electron chi connectivity index (χ3n) is 14.7. The van der Waals surface area contributed by atoms with E-state index in [2.05, 4.69) is 169 Å². The number of methoxy groups -OCH3 is 1. The standard InChI is InChI=1S/C57H77N6O16P3S2/c1-11-61-44-25-23-38(2)31-42(44)56(6,7)48(61)21-15-12-16-22-49-57(8,9)43-32-39(3)24-26-45(43)62(49)29-17-13-14-20-41(64)27-28-55(4,5)84-83-37-74-30-18-19-40-34-63(52-51(40)53(65)60-54(58)59-52)50-33-46(75-36-73-10)47(77-50)35-76-81(69,70)79-82(71,72)78-80(66,67)68/h12,15-16,21-26,31-32,34,46-47,50H,11,13-14,17,20,27-30,33,35-37H2,1-10H3,(H6-,58,59,60,65,66,67,68,69,70,71,72)/p+1/t46-,47-,50-/m1/s1. The fourth-order valence-electron chi connectivity index (χ4n) is 10.6. The molecule has 3 aliphatic rings. The number of nitrogens with one attached hydrogen (secondary N) is 1. The lowest BCUT2D eigenvalue weighted by molar-refractivity contribution is -0.438. The molecule has 0 aliphatic carbocycles. The van der Waals surface area contributed by atoms with Crippen LogP contribution in [-0.4, -0.2) is 113 Å². The van der Waals surface area contributed by atoms with Crippen LogP contribution < -0.4 is 16.2 Å². The molecule has 2 aromatic heterocycles. The van der Waals surface area contributed by atoms with Gasteiger partial charge in [0.25, 0.3) is 5.56 Å². The molecular formula is C57H78N6O16P3S2+. The molecule has 5 atom stereocenters. The second-order valence-electron chi connectivity index (χ2n) is 22.4. The monoisotopic (exact) mass is 1260 g/mol. The molecule has 458 valence electrons. The number of nitrogens with zero attached hydrogens (tertiary/aromatic N) is 4. The van der Waals surface area contributed by atoms with E-state index in [1.807, 2.05) is 0 Å². The Hall–Kier alpha value is -4.47. The molecule has 4 aromatic rings. The van der Waals surface area contributed by atoms with Crippen LogP contribution in [0.2, 0.25) is 0 Å². The second kappa shape index (κ2) is 28.1. The van der Waals surface area contributed by atoms with Crippen molar-refractivity contribution in [3.05, 3.63) is 117 Å². The zero-order chi connectivity index (χ0) is 61.4. The number of ether oxygens (including phenoxy) is 4. The van der Waals surface area contributed by atoms with Gasteiger partial charge < -0.3 is 53.7 Å². The third-order valence-corrected chi connectivity index (χ3v) is 21.5. The summed E-state index contributed by atoms with van der Waals surface area (Å²) in [6.45, 7) is 20.7. The highest BCUT2D eigenvalue weighted by Gasteiger charge is 2.46. The molecule has 0 amide bonds. The number of Topliss-reactive ketones (excluding diaryl/α,β-unsaturated/α-hetero) is 1. The fourth-order valence-corrected chi connectivity index (χ4v) is 15.9. The molecule has 1 saturated heterocycles. The molecule has 0 spiro atoms. The highest BCUT2D eigenvalue weighted by atomic mass is 33.1. The topological polar surface area (TPSA) is 297 Å². The van der Waals surface area contributed by atoms with E-state index in [9.17, 15) is 33.1 Å². The number of ketones is 1. The summed E-state index contributed by atoms with van der Waals surface area (Å²) in [5.74, 6) is 6.22. The molecule has 2 aromatic carbocycles. The number of phosphoric acid groups is 3. The largest absolute Gasteiger partial charge is 0.490 e. The number of phosphoric ester groups is 1. The first-order valence-corrected chi connectivity index (χ1v) is 34.3. The highest BCUT2D eigenvalue weighted by Crippen LogP contribution is 2.66. The number of aromatic nitrogens is 3. The van der Waals surface area contributed by atoms with Gasteiger partial charge in [0.15, 0.2) is 11.4 Å². The van der Waals surface area contributed by atoms with Gasteiger partial charge >= 0.3 is 23.5 Å². The van der Waals surface area contributed by atoms with Crippen molar-refractivity contribution in [2.24, 2.45) is 0 Å². The lowest BCUT2D eigenvalue weighted by Gasteiger charge is -2.25. The van der Waals surface area contributed by atoms with Gasteiger partial charge in [-0.25, -0.2) is 13.7 Å². The lowest BCUT2D eigenvalue weighted by Crippen LogP contribution is -2.29. The Kier molecular flexibility index (Phi) is 22.5. The number of fused-ring (bicyclic) bond motifs is 3. The van der Waals surface area contributed by atoms with E-state index in [4.69, 9.17) is 39.0 Å². The first-order chi connectivity index (χ1) is 39.5. The average Bonchev–Trinajstić information content (AvgIpc) is 1.91. The van der Waals surface area contributed by atoms with Crippen LogP contribution in [0.1, 0.15) is 127 Å². The van der Waals surface area contributed by atoms with Crippen molar-refractivity contribution in [1.29, 1.82) is 0 Å². The summed E-state index contributed by atoms with van der Waals surface area (Å²) >= 11 is 0. The minimum Gasteiger partial charge on any atom is -0.369 e. The molecule has 27 heteroatoms. The number of nitrogen functional groups attached to an aromatic ring is 1. The molecule has 7 N–H and O–H groups in total. The van der Waals surface area contributed by atoms with E-state index in [0.29, 0.717) is 25.2 Å². The number of hydrogen-bond donors (Lipinski definition) is 6. The van der Waals surface area contributed by atoms with Crippen LogP contribution in [0.5, 0.6) is 0 Å². The Morgan fingerprint density at radius 3 is 2.42 bits per heavy atom. The zero-order valence-electron chi connectivity index (χ0n) is 49.1. The van der Waals surface area contributed by atoms with E-state index in [1.165, 1.54) is 73.7 Å². The summed E-state index contributed by atoms with van der Waals surface area (Å²) in [7, 11) is -12.4. The number of allylic oxidation sites excluding steroid dienone is 6. The van der Waals surface area contributed by atoms with E-state index in [0.717, 1.165) is 32.4 Å². The van der Waals surface area contributed by atoms with Crippen LogP contribution in [0.25, 0.3) is 11.0 Å². The van der Waals surface area contributed by atoms with Gasteiger partial charge in [-0.05, 0) is 91.5 Å². The second-order valence-corrected chi connectivity index (χ2v) is 29.8. The predicted octanol–water partition coefficient (Wildman–Crippen LogP) is 10.8. The van der Waals surface area contributed by atoms with Crippen LogP contribution in [0.4, 0.5) is 17.3 Å². The normalized spacial score (nSPS) is 20.5. The molecule has 2 unspecified atom stereocenters. The maximum Gasteiger partial charge on any atom is 0.490 e. The fraction of sp³-hybridized carbons (Fsp3) is 0.509. The Morgan fingerprint density at radius 1 is 0.976 bits per heavy atom. The summed E-state index contributed by atoms with van der Waals surface area (Å²) < 4.78 is 74.1. The van der Waals surface area contributed by atoms with Crippen LogP contribution in [0.3, 0.4) is 0 Å². The summed E-state index contributed by atoms with van der Waals surface area (Å²) in [6, 6.07) is 13.5. The molecule has 7 rings (SSSR count). The van der Waals surface area contributed by atoms with E-state index in [1.54, 1.807) is 10.8 Å². The Balaban J connectivity index is 0.865. The SMILES string of the molecule is CCN1/C(=C/C=C/C=C/C2=[N+](CCCCCC(=O)CCC(C)(C)SSCOCC#Cc3cn([C@H]4C[C@@H](OCOC)[C@@H](COP(=O)(O)OP(=O)(O)OP(=O)(O)O)O4)c4nc(N)[nH]c(=O)c34)c3ccc(C)cc3C2(C)C)C(C)(C)c2cc(C)ccc21. The molecule has 84 heavy (non-hydrogen) atoms. The number of hydrogen-bond acceptors (Lipinski definition) is 17. The Labute approximate surface area is 498 Å². The molecular weight excluding hydrogens is 1180 g/mol. The Morgan fingerprint density at radius 2 is 1.70 bits per heavy atom. The number of carbonyl (C=O) groups is 1. The van der Waals surface area contributed by atoms with Crippen molar-refractivity contribution in [2.75, 3.05) is 56.8 Å². The zero-order valence-corrected chi connectivity index (χ0v) is 53.4. The number of benzene rings is 2. The van der Waals surface area contributed by atoms with Crippen molar-refractivity contribution < 1.29 is 74.7 Å². The van der Waals surface area contributed by atoms with Gasteiger partial charge in [0.05, 0.1) is 29.1 Å². The van der Waals surface area contributed by atoms with Crippen LogP contribution in [-0.2, 0) is 61.4 Å². The van der Waals surface area contributed by atoms with E-state index < -0.39 is 54.1 Å². The van der Waals surface area contributed by atoms with Gasteiger partial charge in [-0.2, -0.15) is 18.2 Å². The van der Waals surface area contributed by atoms with Crippen LogP contribution in [0, 0.1) is 25.7 Å². The number of unbranched alkanes of at least 4 members (excludes halogenated alkanes) is 2. The molecule has 0 saturated carbocycles. The number of aromatic amines is 1. The first-order valence-electron chi connectivity index (χ1n) is 27.5. The molecule has 3 aliphatic heterocycles. The third kappa shape index (κ3) is 17.2. The molecule has 22 nitrogen and oxygen atoms in total. The minimum absolute atomic E-state index is 0.00960. The number of carbonyl (C=O) groups excluding carboxylic acids is 1. The van der Waals surface area contributed by atoms with Gasteiger partial charge in [-0.3, -0.25) is 19.1 Å². The van der Waals surface area contributed by atoms with Gasteiger partial charge in [-0.1, -0.05) is 94.8 Å². The van der Waals surface area contributed by atoms with Gasteiger partial charge in [-0.15, -0.1) is 0 Å².